The molecule has 2 N–H and O–H groups in total. The largest absolute Gasteiger partial charge is 0.324 e. The Bertz CT molecular complexity index is 928. The SMILES string of the molecule is O=C(CCc1ccc(Cl)cc1)Nc1ccccc1NC(=O)c1cccnc1. The summed E-state index contributed by atoms with van der Waals surface area (Å²) in [6.07, 6.45) is 4.02. The summed E-state index contributed by atoms with van der Waals surface area (Å²) in [6.45, 7) is 0. The van der Waals surface area contributed by atoms with Gasteiger partial charge in [-0.05, 0) is 48.4 Å². The molecule has 5 nitrogen and oxygen atoms in total. The highest BCUT2D eigenvalue weighted by Crippen LogP contribution is 2.22. The van der Waals surface area contributed by atoms with Crippen LogP contribution >= 0.6 is 11.6 Å². The number of halogens is 1. The third kappa shape index (κ3) is 5.39. The van der Waals surface area contributed by atoms with Crippen LogP contribution in [0.3, 0.4) is 0 Å². The monoisotopic (exact) mass is 379 g/mol. The van der Waals surface area contributed by atoms with Crippen molar-refractivity contribution in [3.8, 4) is 0 Å². The molecule has 0 fully saturated rings. The number of hydrogen-bond donors (Lipinski definition) is 2. The van der Waals surface area contributed by atoms with E-state index in [1.54, 1.807) is 54.7 Å². The molecule has 0 aliphatic rings. The molecule has 0 radical (unpaired) electrons. The molecule has 0 atom stereocenters. The summed E-state index contributed by atoms with van der Waals surface area (Å²) in [6, 6.07) is 17.9. The van der Waals surface area contributed by atoms with Crippen molar-refractivity contribution >= 4 is 34.8 Å². The van der Waals surface area contributed by atoms with Gasteiger partial charge in [0.15, 0.2) is 0 Å². The third-order valence-corrected chi connectivity index (χ3v) is 4.18. The summed E-state index contributed by atoms with van der Waals surface area (Å²) in [7, 11) is 0. The van der Waals surface area contributed by atoms with Gasteiger partial charge in [-0.3, -0.25) is 14.6 Å². The number of pyridine rings is 1. The normalized spacial score (nSPS) is 10.3. The van der Waals surface area contributed by atoms with Crippen molar-refractivity contribution in [2.45, 2.75) is 12.8 Å². The van der Waals surface area contributed by atoms with Gasteiger partial charge in [0.05, 0.1) is 16.9 Å². The first kappa shape index (κ1) is 18.6. The zero-order chi connectivity index (χ0) is 19.1. The lowest BCUT2D eigenvalue weighted by Crippen LogP contribution is -2.17. The fourth-order valence-electron chi connectivity index (χ4n) is 2.51. The average Bonchev–Trinajstić information content (AvgIpc) is 2.70. The topological polar surface area (TPSA) is 71.1 Å². The molecule has 1 heterocycles. The molecule has 3 aromatic rings. The quantitative estimate of drug-likeness (QED) is 0.659. The lowest BCUT2D eigenvalue weighted by Gasteiger charge is -2.12. The number of aryl methyl sites for hydroxylation is 1. The Balaban J connectivity index is 1.62. The molecule has 0 aliphatic heterocycles. The van der Waals surface area contributed by atoms with Crippen LogP contribution in [0.2, 0.25) is 5.02 Å². The van der Waals surface area contributed by atoms with Crippen molar-refractivity contribution < 1.29 is 9.59 Å². The second-order valence-corrected chi connectivity index (χ2v) is 6.35. The number of aromatic nitrogens is 1. The maximum absolute atomic E-state index is 12.3. The highest BCUT2D eigenvalue weighted by atomic mass is 35.5. The molecule has 27 heavy (non-hydrogen) atoms. The number of para-hydroxylation sites is 2. The van der Waals surface area contributed by atoms with E-state index in [4.69, 9.17) is 11.6 Å². The van der Waals surface area contributed by atoms with Crippen LogP contribution in [-0.2, 0) is 11.2 Å². The van der Waals surface area contributed by atoms with E-state index in [1.165, 1.54) is 6.20 Å². The first-order chi connectivity index (χ1) is 13.1. The van der Waals surface area contributed by atoms with Crippen molar-refractivity contribution in [1.29, 1.82) is 0 Å². The first-order valence-corrected chi connectivity index (χ1v) is 8.84. The smallest absolute Gasteiger partial charge is 0.257 e. The van der Waals surface area contributed by atoms with Gasteiger partial charge in [0.25, 0.3) is 5.91 Å². The number of nitrogens with zero attached hydrogens (tertiary/aromatic N) is 1. The Morgan fingerprint density at radius 3 is 2.26 bits per heavy atom. The molecular formula is C21H18ClN3O2. The van der Waals surface area contributed by atoms with Crippen LogP contribution in [0.5, 0.6) is 0 Å². The van der Waals surface area contributed by atoms with Gasteiger partial charge < -0.3 is 10.6 Å². The minimum atomic E-state index is -0.286. The third-order valence-electron chi connectivity index (χ3n) is 3.93. The zero-order valence-corrected chi connectivity index (χ0v) is 15.2. The molecule has 0 aliphatic carbocycles. The molecule has 3 rings (SSSR count). The van der Waals surface area contributed by atoms with Gasteiger partial charge in [-0.2, -0.15) is 0 Å². The number of carbonyl (C=O) groups is 2. The number of hydrogen-bond acceptors (Lipinski definition) is 3. The minimum absolute atomic E-state index is 0.131. The number of benzene rings is 2. The predicted octanol–water partition coefficient (Wildman–Crippen LogP) is 4.56. The first-order valence-electron chi connectivity index (χ1n) is 8.46. The van der Waals surface area contributed by atoms with Gasteiger partial charge in [-0.1, -0.05) is 35.9 Å². The summed E-state index contributed by atoms with van der Waals surface area (Å²) < 4.78 is 0. The van der Waals surface area contributed by atoms with Gasteiger partial charge in [0.2, 0.25) is 5.91 Å². The number of rotatable bonds is 6. The van der Waals surface area contributed by atoms with Gasteiger partial charge in [0, 0.05) is 23.8 Å². The highest BCUT2D eigenvalue weighted by Gasteiger charge is 2.11. The number of carbonyl (C=O) groups excluding carboxylic acids is 2. The van der Waals surface area contributed by atoms with Gasteiger partial charge in [-0.15, -0.1) is 0 Å². The van der Waals surface area contributed by atoms with E-state index >= 15 is 0 Å². The highest BCUT2D eigenvalue weighted by molar-refractivity contribution is 6.30. The van der Waals surface area contributed by atoms with Crippen LogP contribution in [0.4, 0.5) is 11.4 Å². The Kier molecular flexibility index (Phi) is 6.18. The average molecular weight is 380 g/mol. The predicted molar refractivity (Wildman–Crippen MR) is 107 cm³/mol. The molecule has 0 saturated heterocycles. The van der Waals surface area contributed by atoms with Gasteiger partial charge >= 0.3 is 0 Å². The molecule has 2 amide bonds. The van der Waals surface area contributed by atoms with Crippen molar-refractivity contribution in [3.05, 3.63) is 89.2 Å². The lowest BCUT2D eigenvalue weighted by molar-refractivity contribution is -0.116. The second-order valence-electron chi connectivity index (χ2n) is 5.92. The fourth-order valence-corrected chi connectivity index (χ4v) is 2.64. The molecule has 0 unspecified atom stereocenters. The van der Waals surface area contributed by atoms with Crippen LogP contribution in [-0.4, -0.2) is 16.8 Å². The molecule has 136 valence electrons. The maximum Gasteiger partial charge on any atom is 0.257 e. The van der Waals surface area contributed by atoms with Crippen LogP contribution < -0.4 is 10.6 Å². The summed E-state index contributed by atoms with van der Waals surface area (Å²) >= 11 is 5.87. The van der Waals surface area contributed by atoms with Gasteiger partial charge in [-0.25, -0.2) is 0 Å². The van der Waals surface area contributed by atoms with Crippen LogP contribution in [0.1, 0.15) is 22.3 Å². The summed E-state index contributed by atoms with van der Waals surface area (Å²) in [5, 5.41) is 6.33. The molecular weight excluding hydrogens is 362 g/mol. The van der Waals surface area contributed by atoms with Crippen molar-refractivity contribution in [2.75, 3.05) is 10.6 Å². The molecule has 0 bridgehead atoms. The Labute approximate surface area is 162 Å². The zero-order valence-electron chi connectivity index (χ0n) is 14.5. The molecule has 2 aromatic carbocycles. The van der Waals surface area contributed by atoms with E-state index in [9.17, 15) is 9.59 Å². The van der Waals surface area contributed by atoms with E-state index < -0.39 is 0 Å². The standard InChI is InChI=1S/C21H18ClN3O2/c22-17-10-7-15(8-11-17)9-12-20(26)24-18-5-1-2-6-19(18)25-21(27)16-4-3-13-23-14-16/h1-8,10-11,13-14H,9,12H2,(H,24,26)(H,25,27). The Morgan fingerprint density at radius 1 is 0.889 bits per heavy atom. The number of anilines is 2. The summed E-state index contributed by atoms with van der Waals surface area (Å²) in [5.41, 5.74) is 2.57. The molecule has 1 aromatic heterocycles. The van der Waals surface area contributed by atoms with E-state index in [0.717, 1.165) is 5.56 Å². The lowest BCUT2D eigenvalue weighted by atomic mass is 10.1. The number of nitrogens with one attached hydrogen (secondary N) is 2. The van der Waals surface area contributed by atoms with E-state index in [-0.39, 0.29) is 11.8 Å². The Hall–Kier alpha value is -3.18. The van der Waals surface area contributed by atoms with E-state index in [1.807, 2.05) is 12.1 Å². The van der Waals surface area contributed by atoms with Crippen molar-refractivity contribution in [2.24, 2.45) is 0 Å². The van der Waals surface area contributed by atoms with E-state index in [2.05, 4.69) is 15.6 Å². The van der Waals surface area contributed by atoms with Crippen molar-refractivity contribution in [1.82, 2.24) is 4.98 Å². The summed E-state index contributed by atoms with van der Waals surface area (Å²) in [4.78, 5) is 28.6. The molecule has 6 heteroatoms. The molecule has 0 saturated carbocycles. The maximum atomic E-state index is 12.3. The van der Waals surface area contributed by atoms with Crippen LogP contribution in [0.15, 0.2) is 73.1 Å². The van der Waals surface area contributed by atoms with Crippen LogP contribution in [0.25, 0.3) is 0 Å². The number of amides is 2. The van der Waals surface area contributed by atoms with Crippen molar-refractivity contribution in [3.63, 3.8) is 0 Å². The minimum Gasteiger partial charge on any atom is -0.324 e. The second kappa shape index (κ2) is 8.96. The van der Waals surface area contributed by atoms with E-state index in [0.29, 0.717) is 34.8 Å². The van der Waals surface area contributed by atoms with Gasteiger partial charge in [0.1, 0.15) is 0 Å². The van der Waals surface area contributed by atoms with Crippen LogP contribution in [0, 0.1) is 0 Å². The fraction of sp³-hybridized carbons (Fsp3) is 0.0952. The Morgan fingerprint density at radius 2 is 1.59 bits per heavy atom. The summed E-state index contributed by atoms with van der Waals surface area (Å²) in [5.74, 6) is -0.418. The molecule has 0 spiro atoms.